The summed E-state index contributed by atoms with van der Waals surface area (Å²) in [4.78, 5) is 26.0. The number of nitrogens with zero attached hydrogens (tertiary/aromatic N) is 2. The fourth-order valence-corrected chi connectivity index (χ4v) is 3.36. The summed E-state index contributed by atoms with van der Waals surface area (Å²) >= 11 is 0. The van der Waals surface area contributed by atoms with Crippen LogP contribution in [-0.4, -0.2) is 71.1 Å². The predicted molar refractivity (Wildman–Crippen MR) is 96.5 cm³/mol. The van der Waals surface area contributed by atoms with E-state index in [1.165, 1.54) is 0 Å². The SMILES string of the molecule is CCCCCC(F)N(O)[C@@]1(O)[C@H](O)[C@@H](CO)O[C@]1(O)n1cc(CC)c(=O)[nH]c1=O. The molecule has 1 aliphatic rings. The monoisotopic (exact) mass is 421 g/mol. The van der Waals surface area contributed by atoms with E-state index in [4.69, 9.17) is 4.74 Å². The van der Waals surface area contributed by atoms with Crippen molar-refractivity contribution in [3.63, 3.8) is 0 Å². The largest absolute Gasteiger partial charge is 0.394 e. The summed E-state index contributed by atoms with van der Waals surface area (Å²) in [6, 6.07) is 0. The van der Waals surface area contributed by atoms with Crippen molar-refractivity contribution in [1.82, 2.24) is 14.6 Å². The van der Waals surface area contributed by atoms with Gasteiger partial charge in [0.2, 0.25) is 5.72 Å². The molecule has 1 aromatic rings. The van der Waals surface area contributed by atoms with Crippen molar-refractivity contribution in [3.8, 4) is 0 Å². The Labute approximate surface area is 165 Å². The van der Waals surface area contributed by atoms with Crippen LogP contribution in [0.15, 0.2) is 15.8 Å². The molecular formula is C17H28FN3O8. The fourth-order valence-electron chi connectivity index (χ4n) is 3.36. The maximum absolute atomic E-state index is 14.6. The van der Waals surface area contributed by atoms with Crippen molar-refractivity contribution in [2.75, 3.05) is 6.61 Å². The van der Waals surface area contributed by atoms with Crippen LogP contribution < -0.4 is 11.2 Å². The number of ether oxygens (including phenoxy) is 1. The molecule has 0 aliphatic carbocycles. The van der Waals surface area contributed by atoms with E-state index >= 15 is 0 Å². The van der Waals surface area contributed by atoms with Gasteiger partial charge in [0.25, 0.3) is 5.56 Å². The second kappa shape index (κ2) is 9.00. The van der Waals surface area contributed by atoms with Crippen molar-refractivity contribution in [3.05, 3.63) is 32.6 Å². The van der Waals surface area contributed by atoms with Crippen LogP contribution in [0, 0.1) is 0 Å². The summed E-state index contributed by atoms with van der Waals surface area (Å²) < 4.78 is 20.1. The summed E-state index contributed by atoms with van der Waals surface area (Å²) in [6.07, 6.45) is -3.65. The molecule has 2 heterocycles. The molecule has 0 bridgehead atoms. The van der Waals surface area contributed by atoms with Gasteiger partial charge in [-0.05, 0) is 19.3 Å². The number of aliphatic hydroxyl groups excluding tert-OH is 2. The number of aliphatic hydroxyl groups is 4. The van der Waals surface area contributed by atoms with Crippen LogP contribution in [0.1, 0.15) is 45.1 Å². The molecule has 29 heavy (non-hydrogen) atoms. The van der Waals surface area contributed by atoms with Crippen LogP contribution in [0.25, 0.3) is 0 Å². The predicted octanol–water partition coefficient (Wildman–Crippen LogP) is -1.29. The number of unbranched alkanes of at least 4 members (excludes halogenated alkanes) is 2. The molecule has 1 aromatic heterocycles. The van der Waals surface area contributed by atoms with E-state index in [2.05, 4.69) is 0 Å². The Balaban J connectivity index is 2.58. The minimum atomic E-state index is -3.28. The van der Waals surface area contributed by atoms with Crippen LogP contribution in [0.2, 0.25) is 0 Å². The van der Waals surface area contributed by atoms with Crippen LogP contribution >= 0.6 is 0 Å². The summed E-state index contributed by atoms with van der Waals surface area (Å²) in [5.41, 5.74) is -5.26. The maximum atomic E-state index is 14.6. The van der Waals surface area contributed by atoms with Crippen LogP contribution in [0.4, 0.5) is 4.39 Å². The zero-order chi connectivity index (χ0) is 22.0. The van der Waals surface area contributed by atoms with Gasteiger partial charge in [-0.25, -0.2) is 13.8 Å². The van der Waals surface area contributed by atoms with Gasteiger partial charge < -0.3 is 30.4 Å². The molecule has 6 N–H and O–H groups in total. The molecule has 5 atom stereocenters. The Morgan fingerprint density at radius 2 is 2.00 bits per heavy atom. The smallest absolute Gasteiger partial charge is 0.332 e. The average Bonchev–Trinajstić information content (AvgIpc) is 2.89. The topological polar surface area (TPSA) is 168 Å². The number of hydrogen-bond donors (Lipinski definition) is 6. The Morgan fingerprint density at radius 3 is 2.55 bits per heavy atom. The summed E-state index contributed by atoms with van der Waals surface area (Å²) in [5.74, 6) is -3.23. The Kier molecular flexibility index (Phi) is 7.32. The lowest BCUT2D eigenvalue weighted by Gasteiger charge is -2.43. The van der Waals surface area contributed by atoms with Crippen LogP contribution in [-0.2, 0) is 17.1 Å². The maximum Gasteiger partial charge on any atom is 0.332 e. The third-order valence-corrected chi connectivity index (χ3v) is 5.12. The molecule has 0 amide bonds. The lowest BCUT2D eigenvalue weighted by Crippen LogP contribution is -2.69. The van der Waals surface area contributed by atoms with Gasteiger partial charge in [0, 0.05) is 11.8 Å². The number of aryl methyl sites for hydroxylation is 1. The summed E-state index contributed by atoms with van der Waals surface area (Å²) in [7, 11) is 0. The average molecular weight is 421 g/mol. The number of hydroxylamine groups is 2. The van der Waals surface area contributed by atoms with E-state index in [1.54, 1.807) is 6.92 Å². The number of halogens is 1. The highest BCUT2D eigenvalue weighted by Gasteiger charge is 2.71. The molecule has 1 aliphatic heterocycles. The molecule has 1 unspecified atom stereocenters. The number of nitrogens with one attached hydrogen (secondary N) is 1. The molecule has 0 radical (unpaired) electrons. The normalized spacial score (nSPS) is 30.8. The Hall–Kier alpha value is -1.67. The van der Waals surface area contributed by atoms with E-state index in [1.807, 2.05) is 11.9 Å². The second-order valence-corrected chi connectivity index (χ2v) is 7.03. The van der Waals surface area contributed by atoms with Gasteiger partial charge in [-0.1, -0.05) is 26.7 Å². The summed E-state index contributed by atoms with van der Waals surface area (Å²) in [6.45, 7) is 2.54. The van der Waals surface area contributed by atoms with Gasteiger partial charge in [-0.3, -0.25) is 9.78 Å². The minimum Gasteiger partial charge on any atom is -0.394 e. The molecule has 0 aromatic carbocycles. The number of H-pyrrole nitrogens is 1. The zero-order valence-corrected chi connectivity index (χ0v) is 16.3. The quantitative estimate of drug-likeness (QED) is 0.123. The molecule has 166 valence electrons. The van der Waals surface area contributed by atoms with Crippen LogP contribution in [0.3, 0.4) is 0 Å². The number of alkyl halides is 1. The second-order valence-electron chi connectivity index (χ2n) is 7.03. The first-order chi connectivity index (χ1) is 13.6. The van der Waals surface area contributed by atoms with Crippen molar-refractivity contribution in [2.45, 2.75) is 76.1 Å². The first-order valence-electron chi connectivity index (χ1n) is 9.47. The van der Waals surface area contributed by atoms with Crippen molar-refractivity contribution >= 4 is 0 Å². The molecule has 11 nitrogen and oxygen atoms in total. The van der Waals surface area contributed by atoms with Crippen molar-refractivity contribution in [2.24, 2.45) is 0 Å². The summed E-state index contributed by atoms with van der Waals surface area (Å²) in [5, 5.41) is 52.0. The van der Waals surface area contributed by atoms with Crippen molar-refractivity contribution < 1.29 is 34.8 Å². The number of hydrogen-bond acceptors (Lipinski definition) is 9. The third-order valence-electron chi connectivity index (χ3n) is 5.12. The molecule has 0 spiro atoms. The van der Waals surface area contributed by atoms with Gasteiger partial charge in [-0.2, -0.15) is 0 Å². The third kappa shape index (κ3) is 3.89. The van der Waals surface area contributed by atoms with E-state index in [9.17, 15) is 39.6 Å². The van der Waals surface area contributed by atoms with E-state index in [0.29, 0.717) is 17.4 Å². The lowest BCUT2D eigenvalue weighted by molar-refractivity contribution is -0.428. The van der Waals surface area contributed by atoms with Gasteiger partial charge in [0.05, 0.1) is 6.61 Å². The number of aromatic amines is 1. The minimum absolute atomic E-state index is 0.00940. The highest BCUT2D eigenvalue weighted by molar-refractivity contribution is 5.10. The first-order valence-corrected chi connectivity index (χ1v) is 9.47. The van der Waals surface area contributed by atoms with Gasteiger partial charge >= 0.3 is 11.6 Å². The molecule has 12 heteroatoms. The lowest BCUT2D eigenvalue weighted by atomic mass is 10.00. The molecule has 0 saturated carbocycles. The highest BCUT2D eigenvalue weighted by Crippen LogP contribution is 2.44. The van der Waals surface area contributed by atoms with E-state index in [0.717, 1.165) is 12.6 Å². The first kappa shape index (κ1) is 23.6. The number of aromatic nitrogens is 2. The molecular weight excluding hydrogens is 393 g/mol. The number of rotatable bonds is 9. The molecule has 1 saturated heterocycles. The van der Waals surface area contributed by atoms with E-state index < -0.39 is 48.0 Å². The highest BCUT2D eigenvalue weighted by atomic mass is 19.1. The van der Waals surface area contributed by atoms with Crippen LogP contribution in [0.5, 0.6) is 0 Å². The zero-order valence-electron chi connectivity index (χ0n) is 16.3. The van der Waals surface area contributed by atoms with Gasteiger partial charge in [-0.15, -0.1) is 5.06 Å². The van der Waals surface area contributed by atoms with Gasteiger partial charge in [0.15, 0.2) is 6.30 Å². The van der Waals surface area contributed by atoms with E-state index in [-0.39, 0.29) is 23.5 Å². The van der Waals surface area contributed by atoms with Crippen molar-refractivity contribution in [1.29, 1.82) is 0 Å². The fraction of sp³-hybridized carbons (Fsp3) is 0.765. The Bertz CT molecular complexity index is 817. The molecule has 1 fully saturated rings. The van der Waals surface area contributed by atoms with Gasteiger partial charge in [0.1, 0.15) is 12.2 Å². The standard InChI is InChI=1S/C17H28FN3O8/c1-3-5-6-7-12(18)21(28)16(26)13(23)11(9-22)29-17(16,27)20-8-10(4-2)14(24)19-15(20)25/h8,11-13,22-23,26-28H,3-7,9H2,1-2H3,(H,19,24,25)/t11-,12?,13-,16-,17+/m1/s1. The Morgan fingerprint density at radius 1 is 1.34 bits per heavy atom. The molecule has 2 rings (SSSR count).